The van der Waals surface area contributed by atoms with Crippen molar-refractivity contribution < 1.29 is 34.5 Å². The number of rotatable bonds is 7. The van der Waals surface area contributed by atoms with Crippen LogP contribution in [0.15, 0.2) is 53.0 Å². The molecule has 0 amide bonds. The van der Waals surface area contributed by atoms with Crippen molar-refractivity contribution in [2.24, 2.45) is 17.8 Å². The molecule has 3 N–H and O–H groups in total. The number of hydrogen-bond acceptors (Lipinski definition) is 5. The molecule has 166 valence electrons. The molecule has 8 heteroatoms. The smallest absolute Gasteiger partial charge is 0.311 e. The van der Waals surface area contributed by atoms with E-state index >= 15 is 0 Å². The number of aliphatic carboxylic acids is 2. The third kappa shape index (κ3) is 6.97. The predicted molar refractivity (Wildman–Crippen MR) is 117 cm³/mol. The summed E-state index contributed by atoms with van der Waals surface area (Å²) in [5.41, 5.74) is 0.665. The molecule has 0 radical (unpaired) electrons. The average Bonchev–Trinajstić information content (AvgIpc) is 2.74. The Bertz CT molecular complexity index is 890. The molecule has 4 unspecified atom stereocenters. The highest BCUT2D eigenvalue weighted by molar-refractivity contribution is 9.10. The van der Waals surface area contributed by atoms with E-state index in [1.54, 1.807) is 18.2 Å². The highest BCUT2D eigenvalue weighted by atomic mass is 79.9. The molecule has 2 aliphatic carbocycles. The van der Waals surface area contributed by atoms with Crippen molar-refractivity contribution in [3.05, 3.63) is 58.6 Å². The van der Waals surface area contributed by atoms with E-state index in [2.05, 4.69) is 15.9 Å². The maximum absolute atomic E-state index is 11.7. The molecule has 0 saturated heterocycles. The number of carbonyl (C=O) groups excluding carboxylic acids is 2. The minimum Gasteiger partial charge on any atom is -0.481 e. The second kappa shape index (κ2) is 11.7. The SMILES string of the molecule is O=C(O)C1C=CCC2C(O)C=CC(=O)C12.O=C(O)CCCCC(=O)c1ccccc1Br. The van der Waals surface area contributed by atoms with E-state index in [-0.39, 0.29) is 23.9 Å². The molecular formula is C23H25BrO7. The number of carboxylic acid groups (broad SMARTS) is 2. The fourth-order valence-electron chi connectivity index (χ4n) is 3.72. The van der Waals surface area contributed by atoms with E-state index in [1.807, 2.05) is 18.2 Å². The number of aliphatic hydroxyl groups is 1. The standard InChI is InChI=1S/C12H13BrO3.C11H12O4/c13-10-6-2-1-5-9(10)11(14)7-3-4-8-12(15)16;12-8-4-5-9(13)10-6(8)2-1-3-7(10)11(14)15/h1-2,5-6H,3-4,7-8H2,(H,15,16);1,3-8,10,12H,2H2,(H,14,15). The van der Waals surface area contributed by atoms with Crippen LogP contribution in [0.2, 0.25) is 0 Å². The Balaban J connectivity index is 0.000000220. The Morgan fingerprint density at radius 3 is 2.35 bits per heavy atom. The van der Waals surface area contributed by atoms with Gasteiger partial charge in [0.15, 0.2) is 11.6 Å². The summed E-state index contributed by atoms with van der Waals surface area (Å²) in [5.74, 6) is -3.64. The van der Waals surface area contributed by atoms with Crippen molar-refractivity contribution in [3.63, 3.8) is 0 Å². The van der Waals surface area contributed by atoms with Gasteiger partial charge in [-0.2, -0.15) is 0 Å². The summed E-state index contributed by atoms with van der Waals surface area (Å²) in [5, 5.41) is 27.1. The fraction of sp³-hybridized carbons (Fsp3) is 0.391. The van der Waals surface area contributed by atoms with E-state index in [4.69, 9.17) is 10.2 Å². The van der Waals surface area contributed by atoms with Crippen LogP contribution in [-0.2, 0) is 14.4 Å². The summed E-state index contributed by atoms with van der Waals surface area (Å²) in [6.45, 7) is 0. The molecule has 1 aromatic carbocycles. The first-order valence-corrected chi connectivity index (χ1v) is 10.8. The number of allylic oxidation sites excluding steroid dienone is 2. The second-order valence-electron chi connectivity index (χ2n) is 7.47. The van der Waals surface area contributed by atoms with Crippen LogP contribution >= 0.6 is 15.9 Å². The molecule has 0 bridgehead atoms. The summed E-state index contributed by atoms with van der Waals surface area (Å²) >= 11 is 3.31. The van der Waals surface area contributed by atoms with Crippen molar-refractivity contribution in [2.45, 2.75) is 38.2 Å². The summed E-state index contributed by atoms with van der Waals surface area (Å²) in [6, 6.07) is 7.26. The number of benzene rings is 1. The van der Waals surface area contributed by atoms with Crippen molar-refractivity contribution >= 4 is 39.4 Å². The Morgan fingerprint density at radius 2 is 1.71 bits per heavy atom. The van der Waals surface area contributed by atoms with Crippen LogP contribution in [0.4, 0.5) is 0 Å². The third-order valence-electron chi connectivity index (χ3n) is 5.33. The van der Waals surface area contributed by atoms with E-state index in [0.717, 1.165) is 4.47 Å². The summed E-state index contributed by atoms with van der Waals surface area (Å²) < 4.78 is 0.790. The highest BCUT2D eigenvalue weighted by Crippen LogP contribution is 2.36. The van der Waals surface area contributed by atoms with Gasteiger partial charge < -0.3 is 15.3 Å². The lowest BCUT2D eigenvalue weighted by atomic mass is 9.69. The molecule has 31 heavy (non-hydrogen) atoms. The molecule has 0 fully saturated rings. The van der Waals surface area contributed by atoms with Gasteiger partial charge >= 0.3 is 11.9 Å². The van der Waals surface area contributed by atoms with Gasteiger partial charge in [-0.05, 0) is 31.4 Å². The number of hydrogen-bond donors (Lipinski definition) is 3. The van der Waals surface area contributed by atoms with Crippen LogP contribution in [0.3, 0.4) is 0 Å². The number of Topliss-reactive ketones (excluding diaryl/α,β-unsaturated/α-hetero) is 1. The van der Waals surface area contributed by atoms with Crippen molar-refractivity contribution in [3.8, 4) is 0 Å². The third-order valence-corrected chi connectivity index (χ3v) is 6.02. The molecule has 2 aliphatic rings. The molecule has 0 aliphatic heterocycles. The molecule has 4 atom stereocenters. The molecular weight excluding hydrogens is 468 g/mol. The Hall–Kier alpha value is -2.58. The van der Waals surface area contributed by atoms with Gasteiger partial charge in [0.05, 0.1) is 12.0 Å². The van der Waals surface area contributed by atoms with Crippen LogP contribution in [0.5, 0.6) is 0 Å². The number of fused-ring (bicyclic) bond motifs is 1. The maximum Gasteiger partial charge on any atom is 0.311 e. The zero-order valence-corrected chi connectivity index (χ0v) is 18.4. The predicted octanol–water partition coefficient (Wildman–Crippen LogP) is 3.66. The first kappa shape index (κ1) is 24.7. The zero-order chi connectivity index (χ0) is 23.0. The van der Waals surface area contributed by atoms with Gasteiger partial charge in [0.2, 0.25) is 0 Å². The number of halogens is 1. The summed E-state index contributed by atoms with van der Waals surface area (Å²) in [4.78, 5) is 44.6. The van der Waals surface area contributed by atoms with Gasteiger partial charge in [-0.3, -0.25) is 19.2 Å². The first-order valence-electron chi connectivity index (χ1n) is 10.0. The summed E-state index contributed by atoms with van der Waals surface area (Å²) in [6.07, 6.45) is 7.56. The van der Waals surface area contributed by atoms with E-state index < -0.39 is 29.9 Å². The number of carbonyl (C=O) groups is 4. The zero-order valence-electron chi connectivity index (χ0n) is 16.8. The van der Waals surface area contributed by atoms with Gasteiger partial charge in [-0.15, -0.1) is 0 Å². The molecule has 0 aromatic heterocycles. The lowest BCUT2D eigenvalue weighted by Crippen LogP contribution is -2.42. The second-order valence-corrected chi connectivity index (χ2v) is 8.33. The van der Waals surface area contributed by atoms with Gasteiger partial charge in [0.1, 0.15) is 0 Å². The fourth-order valence-corrected chi connectivity index (χ4v) is 4.23. The molecule has 0 spiro atoms. The Kier molecular flexibility index (Phi) is 9.33. The van der Waals surface area contributed by atoms with E-state index in [9.17, 15) is 24.3 Å². The number of aliphatic hydroxyl groups excluding tert-OH is 1. The Morgan fingerprint density at radius 1 is 1.03 bits per heavy atom. The minimum atomic E-state index is -1.00. The minimum absolute atomic E-state index is 0.0536. The van der Waals surface area contributed by atoms with Crippen LogP contribution in [0.25, 0.3) is 0 Å². The molecule has 7 nitrogen and oxygen atoms in total. The monoisotopic (exact) mass is 492 g/mol. The summed E-state index contributed by atoms with van der Waals surface area (Å²) in [7, 11) is 0. The normalized spacial score (nSPS) is 24.0. The van der Waals surface area contributed by atoms with Crippen molar-refractivity contribution in [1.29, 1.82) is 0 Å². The topological polar surface area (TPSA) is 129 Å². The highest BCUT2D eigenvalue weighted by Gasteiger charge is 2.43. The van der Waals surface area contributed by atoms with Crippen LogP contribution < -0.4 is 0 Å². The number of carboxylic acids is 2. The van der Waals surface area contributed by atoms with E-state index in [1.165, 1.54) is 12.2 Å². The van der Waals surface area contributed by atoms with Gasteiger partial charge in [-0.1, -0.05) is 52.4 Å². The number of unbranched alkanes of at least 4 members (excludes halogenated alkanes) is 1. The number of ketones is 2. The largest absolute Gasteiger partial charge is 0.481 e. The molecule has 3 rings (SSSR count). The first-order chi connectivity index (χ1) is 14.7. The molecule has 1 aromatic rings. The van der Waals surface area contributed by atoms with Crippen molar-refractivity contribution in [2.75, 3.05) is 0 Å². The van der Waals surface area contributed by atoms with Crippen molar-refractivity contribution in [1.82, 2.24) is 0 Å². The lowest BCUT2D eigenvalue weighted by molar-refractivity contribution is -0.146. The van der Waals surface area contributed by atoms with E-state index in [0.29, 0.717) is 31.2 Å². The molecule has 0 saturated carbocycles. The lowest BCUT2D eigenvalue weighted by Gasteiger charge is -2.35. The quantitative estimate of drug-likeness (QED) is 0.300. The maximum atomic E-state index is 11.7. The van der Waals surface area contributed by atoms with Crippen LogP contribution in [0, 0.1) is 17.8 Å². The Labute approximate surface area is 188 Å². The van der Waals surface area contributed by atoms with Crippen LogP contribution in [-0.4, -0.2) is 44.9 Å². The molecule has 0 heterocycles. The van der Waals surface area contributed by atoms with Gasteiger partial charge in [0, 0.05) is 34.7 Å². The van der Waals surface area contributed by atoms with Gasteiger partial charge in [0.25, 0.3) is 0 Å². The average molecular weight is 493 g/mol. The van der Waals surface area contributed by atoms with Gasteiger partial charge in [-0.25, -0.2) is 0 Å². The van der Waals surface area contributed by atoms with Crippen LogP contribution in [0.1, 0.15) is 42.5 Å².